The molecule has 2 rings (SSSR count). The molecule has 0 fully saturated rings. The van der Waals surface area contributed by atoms with Gasteiger partial charge in [-0.15, -0.1) is 0 Å². The first-order valence-electron chi connectivity index (χ1n) is 13.7. The zero-order valence-electron chi connectivity index (χ0n) is 25.0. The molecule has 4 amide bonds. The number of hydrogen-bond donors (Lipinski definition) is 3. The predicted octanol–water partition coefficient (Wildman–Crippen LogP) is 5.00. The van der Waals surface area contributed by atoms with Gasteiger partial charge in [-0.25, -0.2) is 4.79 Å². The molecule has 0 aliphatic carbocycles. The lowest BCUT2D eigenvalue weighted by Gasteiger charge is -2.35. The number of nitrogens with one attached hydrogen (secondary N) is 2. The Kier molecular flexibility index (Phi) is 11.3. The van der Waals surface area contributed by atoms with Gasteiger partial charge >= 0.3 is 6.09 Å². The van der Waals surface area contributed by atoms with Crippen molar-refractivity contribution in [3.05, 3.63) is 64.2 Å². The van der Waals surface area contributed by atoms with E-state index in [2.05, 4.69) is 10.6 Å². The van der Waals surface area contributed by atoms with Crippen molar-refractivity contribution in [1.29, 1.82) is 0 Å². The van der Waals surface area contributed by atoms with Crippen LogP contribution in [0.3, 0.4) is 0 Å². The molecule has 0 aromatic heterocycles. The van der Waals surface area contributed by atoms with Crippen molar-refractivity contribution in [3.63, 3.8) is 0 Å². The Morgan fingerprint density at radius 3 is 2.15 bits per heavy atom. The fourth-order valence-corrected chi connectivity index (χ4v) is 4.45. The maximum Gasteiger partial charge on any atom is 0.408 e. The fourth-order valence-electron chi connectivity index (χ4n) is 4.45. The fraction of sp³-hybridized carbons (Fsp3) is 0.484. The van der Waals surface area contributed by atoms with Gasteiger partial charge in [-0.3, -0.25) is 14.4 Å². The van der Waals surface area contributed by atoms with Crippen LogP contribution in [0.1, 0.15) is 80.8 Å². The van der Waals surface area contributed by atoms with E-state index in [-0.39, 0.29) is 6.54 Å². The number of ether oxygens (including phenoxy) is 1. The predicted molar refractivity (Wildman–Crippen MR) is 157 cm³/mol. The number of alkyl carbamates (subject to hydrolysis) is 1. The third-order valence-electron chi connectivity index (χ3n) is 6.45. The zero-order valence-corrected chi connectivity index (χ0v) is 25.0. The third kappa shape index (κ3) is 9.10. The smallest absolute Gasteiger partial charge is 0.408 e. The van der Waals surface area contributed by atoms with E-state index in [1.165, 1.54) is 4.90 Å². The van der Waals surface area contributed by atoms with Crippen molar-refractivity contribution in [2.75, 3.05) is 11.9 Å². The van der Waals surface area contributed by atoms with Crippen molar-refractivity contribution in [2.24, 2.45) is 5.73 Å². The van der Waals surface area contributed by atoms with Gasteiger partial charge in [0.1, 0.15) is 17.7 Å². The minimum atomic E-state index is -1.31. The van der Waals surface area contributed by atoms with E-state index in [4.69, 9.17) is 10.5 Å². The van der Waals surface area contributed by atoms with Gasteiger partial charge in [0.2, 0.25) is 11.8 Å². The molecular weight excluding hydrogens is 508 g/mol. The first-order chi connectivity index (χ1) is 18.6. The molecule has 2 atom stereocenters. The van der Waals surface area contributed by atoms with Crippen LogP contribution in [-0.2, 0) is 19.1 Å². The van der Waals surface area contributed by atoms with Crippen LogP contribution in [0, 0.1) is 27.7 Å². The van der Waals surface area contributed by atoms with Gasteiger partial charge in [0.25, 0.3) is 5.91 Å². The van der Waals surface area contributed by atoms with Gasteiger partial charge in [-0.1, -0.05) is 55.3 Å². The standard InChI is InChI=1S/C31H44N4O5/c1-9-10-16-35(29(38)24(18-25(32)36)33-30(39)40-31(6,7)8)27(23-17-19(2)14-15-20(23)3)28(37)34-26-21(4)12-11-13-22(26)5/h11-15,17,24,27H,9-10,16,18H2,1-8H3,(H2,32,36)(H,33,39)(H,34,37). The van der Waals surface area contributed by atoms with Crippen molar-refractivity contribution in [1.82, 2.24) is 10.2 Å². The van der Waals surface area contributed by atoms with E-state index in [0.29, 0.717) is 17.7 Å². The SMILES string of the molecule is CCCCN(C(=O)C(CC(N)=O)NC(=O)OC(C)(C)C)C(C(=O)Nc1c(C)cccc1C)c1cc(C)ccc1C. The monoisotopic (exact) mass is 552 g/mol. The topological polar surface area (TPSA) is 131 Å². The molecule has 0 heterocycles. The number of carbonyl (C=O) groups excluding carboxylic acids is 4. The number of amides is 4. The maximum absolute atomic E-state index is 14.2. The lowest BCUT2D eigenvalue weighted by Crippen LogP contribution is -2.53. The summed E-state index contributed by atoms with van der Waals surface area (Å²) in [7, 11) is 0. The van der Waals surface area contributed by atoms with Gasteiger partial charge in [-0.2, -0.15) is 0 Å². The molecule has 0 bridgehead atoms. The van der Waals surface area contributed by atoms with Crippen LogP contribution in [0.25, 0.3) is 0 Å². The molecule has 4 N–H and O–H groups in total. The number of primary amides is 1. The summed E-state index contributed by atoms with van der Waals surface area (Å²) < 4.78 is 5.34. The van der Waals surface area contributed by atoms with Crippen molar-refractivity contribution in [3.8, 4) is 0 Å². The average molecular weight is 553 g/mol. The molecule has 0 saturated heterocycles. The normalized spacial score (nSPS) is 12.7. The molecular formula is C31H44N4O5. The Balaban J connectivity index is 2.64. The second-order valence-electron chi connectivity index (χ2n) is 11.3. The lowest BCUT2D eigenvalue weighted by atomic mass is 9.95. The molecule has 2 unspecified atom stereocenters. The maximum atomic E-state index is 14.2. The third-order valence-corrected chi connectivity index (χ3v) is 6.45. The number of rotatable bonds is 11. The number of unbranched alkanes of at least 4 members (excludes halogenated alkanes) is 1. The van der Waals surface area contributed by atoms with Crippen LogP contribution in [0.2, 0.25) is 0 Å². The number of para-hydroxylation sites is 1. The number of nitrogens with two attached hydrogens (primary N) is 1. The second-order valence-corrected chi connectivity index (χ2v) is 11.3. The van der Waals surface area contributed by atoms with Crippen LogP contribution >= 0.6 is 0 Å². The van der Waals surface area contributed by atoms with Gasteiger partial charge in [0.05, 0.1) is 6.42 Å². The first-order valence-corrected chi connectivity index (χ1v) is 13.7. The van der Waals surface area contributed by atoms with E-state index in [1.54, 1.807) is 20.8 Å². The number of carbonyl (C=O) groups is 4. The molecule has 9 nitrogen and oxygen atoms in total. The highest BCUT2D eigenvalue weighted by Gasteiger charge is 2.37. The highest BCUT2D eigenvalue weighted by Crippen LogP contribution is 2.30. The van der Waals surface area contributed by atoms with Gasteiger partial charge in [0, 0.05) is 12.2 Å². The van der Waals surface area contributed by atoms with Crippen LogP contribution in [0.15, 0.2) is 36.4 Å². The summed E-state index contributed by atoms with van der Waals surface area (Å²) in [4.78, 5) is 54.4. The molecule has 40 heavy (non-hydrogen) atoms. The van der Waals surface area contributed by atoms with Crippen LogP contribution < -0.4 is 16.4 Å². The summed E-state index contributed by atoms with van der Waals surface area (Å²) in [5.41, 5.74) is 9.51. The highest BCUT2D eigenvalue weighted by molar-refractivity contribution is 6.00. The molecule has 2 aromatic rings. The van der Waals surface area contributed by atoms with Crippen LogP contribution in [-0.4, -0.2) is 46.9 Å². The molecule has 0 saturated carbocycles. The minimum absolute atomic E-state index is 0.221. The van der Waals surface area contributed by atoms with Gasteiger partial charge in [-0.05, 0) is 77.1 Å². The number of aryl methyl sites for hydroxylation is 4. The quantitative estimate of drug-likeness (QED) is 0.361. The zero-order chi connectivity index (χ0) is 30.2. The van der Waals surface area contributed by atoms with Crippen LogP contribution in [0.4, 0.5) is 10.5 Å². The number of hydrogen-bond acceptors (Lipinski definition) is 5. The van der Waals surface area contributed by atoms with Crippen molar-refractivity contribution >= 4 is 29.5 Å². The summed E-state index contributed by atoms with van der Waals surface area (Å²) in [6.45, 7) is 14.9. The molecule has 0 spiro atoms. The number of benzene rings is 2. The van der Waals surface area contributed by atoms with E-state index >= 15 is 0 Å². The molecule has 218 valence electrons. The van der Waals surface area contributed by atoms with E-state index < -0.39 is 47.9 Å². The largest absolute Gasteiger partial charge is 0.444 e. The number of anilines is 1. The summed E-state index contributed by atoms with van der Waals surface area (Å²) in [5, 5.41) is 5.57. The van der Waals surface area contributed by atoms with Gasteiger partial charge in [0.15, 0.2) is 0 Å². The molecule has 0 radical (unpaired) electrons. The second kappa shape index (κ2) is 14.0. The van der Waals surface area contributed by atoms with Crippen molar-refractivity contribution in [2.45, 2.75) is 92.3 Å². The van der Waals surface area contributed by atoms with Crippen molar-refractivity contribution < 1.29 is 23.9 Å². The molecule has 0 aliphatic rings. The van der Waals surface area contributed by atoms with Gasteiger partial charge < -0.3 is 26.0 Å². The lowest BCUT2D eigenvalue weighted by molar-refractivity contribution is -0.142. The summed E-state index contributed by atoms with van der Waals surface area (Å²) in [6.07, 6.45) is 0.0471. The molecule has 0 aliphatic heterocycles. The Labute approximate surface area is 237 Å². The summed E-state index contributed by atoms with van der Waals surface area (Å²) in [6, 6.07) is 9.12. The summed E-state index contributed by atoms with van der Waals surface area (Å²) >= 11 is 0. The minimum Gasteiger partial charge on any atom is -0.444 e. The Morgan fingerprint density at radius 1 is 0.975 bits per heavy atom. The first kappa shape index (κ1) is 32.3. The Morgan fingerprint density at radius 2 is 1.60 bits per heavy atom. The van der Waals surface area contributed by atoms with Crippen LogP contribution in [0.5, 0.6) is 0 Å². The highest BCUT2D eigenvalue weighted by atomic mass is 16.6. The molecule has 9 heteroatoms. The average Bonchev–Trinajstić information content (AvgIpc) is 2.83. The van der Waals surface area contributed by atoms with E-state index in [1.807, 2.05) is 71.0 Å². The Bertz CT molecular complexity index is 1210. The molecule has 2 aromatic carbocycles. The number of nitrogens with zero attached hydrogens (tertiary/aromatic N) is 1. The van der Waals surface area contributed by atoms with E-state index in [9.17, 15) is 19.2 Å². The summed E-state index contributed by atoms with van der Waals surface area (Å²) in [5.74, 6) is -1.76. The van der Waals surface area contributed by atoms with E-state index in [0.717, 1.165) is 28.7 Å². The Hall–Kier alpha value is -3.88.